The van der Waals surface area contributed by atoms with Crippen LogP contribution in [0.3, 0.4) is 0 Å². The van der Waals surface area contributed by atoms with Crippen molar-refractivity contribution in [3.05, 3.63) is 52.5 Å². The minimum atomic E-state index is 0.160. The molecule has 0 bridgehead atoms. The van der Waals surface area contributed by atoms with Crippen molar-refractivity contribution in [2.24, 2.45) is 5.11 Å². The lowest BCUT2D eigenvalue weighted by molar-refractivity contribution is 0.0511. The second kappa shape index (κ2) is 9.36. The topological polar surface area (TPSA) is 118 Å². The highest BCUT2D eigenvalue weighted by atomic mass is 16.7. The quantitative estimate of drug-likeness (QED) is 0.255. The average Bonchev–Trinajstić information content (AvgIpc) is 2.81. The first-order valence-corrected chi connectivity index (χ1v) is 9.51. The maximum Gasteiger partial charge on any atom is 0.188 e. The number of nitrogens with zero attached hydrogens (tertiary/aromatic N) is 7. The number of azide groups is 1. The van der Waals surface area contributed by atoms with Crippen molar-refractivity contribution < 1.29 is 14.2 Å². The van der Waals surface area contributed by atoms with Gasteiger partial charge in [-0.2, -0.15) is 0 Å². The van der Waals surface area contributed by atoms with E-state index in [-0.39, 0.29) is 13.3 Å². The number of methoxy groups -OCH3 is 1. The van der Waals surface area contributed by atoms with Gasteiger partial charge in [0.1, 0.15) is 11.3 Å². The number of pyridine rings is 1. The van der Waals surface area contributed by atoms with E-state index in [9.17, 15) is 0 Å². The van der Waals surface area contributed by atoms with Gasteiger partial charge in [0.2, 0.25) is 0 Å². The molecule has 0 unspecified atom stereocenters. The van der Waals surface area contributed by atoms with E-state index in [1.165, 1.54) is 0 Å². The van der Waals surface area contributed by atoms with Crippen LogP contribution < -0.4 is 9.64 Å². The molecule has 3 aromatic rings. The summed E-state index contributed by atoms with van der Waals surface area (Å²) in [6.45, 7) is 3.10. The van der Waals surface area contributed by atoms with Gasteiger partial charge >= 0.3 is 0 Å². The normalized spacial score (nSPS) is 13.8. The molecular formula is C20H21N7O3. The molecule has 0 amide bonds. The summed E-state index contributed by atoms with van der Waals surface area (Å²) in [4.78, 5) is 19.1. The van der Waals surface area contributed by atoms with Crippen LogP contribution in [0.1, 0.15) is 5.56 Å². The van der Waals surface area contributed by atoms with Crippen molar-refractivity contribution in [3.8, 4) is 17.1 Å². The Kier molecular flexibility index (Phi) is 6.19. The molecule has 2 aromatic heterocycles. The van der Waals surface area contributed by atoms with Crippen LogP contribution in [0, 0.1) is 0 Å². The summed E-state index contributed by atoms with van der Waals surface area (Å²) < 4.78 is 16.0. The van der Waals surface area contributed by atoms with Crippen molar-refractivity contribution in [3.63, 3.8) is 0 Å². The van der Waals surface area contributed by atoms with E-state index in [0.29, 0.717) is 35.8 Å². The third-order valence-electron chi connectivity index (χ3n) is 4.64. The lowest BCUT2D eigenvalue weighted by Gasteiger charge is -2.28. The number of aromatic nitrogens is 3. The number of anilines is 1. The van der Waals surface area contributed by atoms with Gasteiger partial charge in [0.15, 0.2) is 18.4 Å². The van der Waals surface area contributed by atoms with Crippen LogP contribution in [0.25, 0.3) is 32.9 Å². The Morgan fingerprint density at radius 3 is 2.90 bits per heavy atom. The van der Waals surface area contributed by atoms with E-state index in [2.05, 4.69) is 19.9 Å². The summed E-state index contributed by atoms with van der Waals surface area (Å²) in [7, 11) is 1.58. The second-order valence-corrected chi connectivity index (χ2v) is 6.65. The molecule has 1 fully saturated rings. The van der Waals surface area contributed by atoms with E-state index in [1.54, 1.807) is 13.3 Å². The Morgan fingerprint density at radius 2 is 2.10 bits per heavy atom. The first-order chi connectivity index (χ1) is 14.8. The number of hydrogen-bond donors (Lipinski definition) is 0. The second-order valence-electron chi connectivity index (χ2n) is 6.65. The molecule has 0 atom stereocenters. The molecule has 154 valence electrons. The summed E-state index contributed by atoms with van der Waals surface area (Å²) in [5.74, 6) is 1.99. The maximum atomic E-state index is 8.61. The molecule has 0 aliphatic carbocycles. The molecule has 1 aromatic carbocycles. The predicted molar refractivity (Wildman–Crippen MR) is 111 cm³/mol. The van der Waals surface area contributed by atoms with Gasteiger partial charge < -0.3 is 19.1 Å². The molecule has 10 nitrogen and oxygen atoms in total. The largest absolute Gasteiger partial charge is 0.468 e. The van der Waals surface area contributed by atoms with Gasteiger partial charge in [-0.05, 0) is 29.3 Å². The van der Waals surface area contributed by atoms with Crippen molar-refractivity contribution in [1.82, 2.24) is 15.0 Å². The van der Waals surface area contributed by atoms with Gasteiger partial charge in [0.05, 0.1) is 25.3 Å². The van der Waals surface area contributed by atoms with Crippen molar-refractivity contribution >= 4 is 16.9 Å². The minimum Gasteiger partial charge on any atom is -0.468 e. The molecule has 1 saturated heterocycles. The van der Waals surface area contributed by atoms with E-state index in [4.69, 9.17) is 29.7 Å². The number of ether oxygens (including phenoxy) is 3. The van der Waals surface area contributed by atoms with Crippen molar-refractivity contribution in [1.29, 1.82) is 0 Å². The average molecular weight is 407 g/mol. The lowest BCUT2D eigenvalue weighted by atomic mass is 10.2. The number of benzene rings is 1. The number of rotatable bonds is 7. The highest BCUT2D eigenvalue weighted by Gasteiger charge is 2.19. The van der Waals surface area contributed by atoms with Gasteiger partial charge in [-0.1, -0.05) is 17.2 Å². The molecular weight excluding hydrogens is 386 g/mol. The summed E-state index contributed by atoms with van der Waals surface area (Å²) in [5.41, 5.74) is 11.6. The Balaban J connectivity index is 1.81. The van der Waals surface area contributed by atoms with Gasteiger partial charge in [0, 0.05) is 36.9 Å². The third kappa shape index (κ3) is 4.41. The molecule has 10 heteroatoms. The summed E-state index contributed by atoms with van der Waals surface area (Å²) in [6.07, 6.45) is 1.70. The van der Waals surface area contributed by atoms with Crippen LogP contribution in [0.15, 0.2) is 41.6 Å². The van der Waals surface area contributed by atoms with Crippen LogP contribution in [-0.4, -0.2) is 55.2 Å². The van der Waals surface area contributed by atoms with Crippen LogP contribution in [0.2, 0.25) is 0 Å². The van der Waals surface area contributed by atoms with Crippen LogP contribution >= 0.6 is 0 Å². The fraction of sp³-hybridized carbons (Fsp3) is 0.350. The van der Waals surface area contributed by atoms with Gasteiger partial charge in [-0.25, -0.2) is 9.97 Å². The van der Waals surface area contributed by atoms with E-state index in [0.717, 1.165) is 30.0 Å². The molecule has 0 spiro atoms. The Morgan fingerprint density at radius 1 is 1.23 bits per heavy atom. The first-order valence-electron chi connectivity index (χ1n) is 9.51. The molecule has 0 saturated carbocycles. The number of hydrogen-bond acceptors (Lipinski definition) is 8. The first kappa shape index (κ1) is 19.8. The molecule has 3 heterocycles. The number of morpholine rings is 1. The van der Waals surface area contributed by atoms with Crippen molar-refractivity contribution in [2.75, 3.05) is 45.1 Å². The van der Waals surface area contributed by atoms with E-state index < -0.39 is 0 Å². The Bertz CT molecular complexity index is 1080. The minimum absolute atomic E-state index is 0.160. The molecule has 30 heavy (non-hydrogen) atoms. The monoisotopic (exact) mass is 407 g/mol. The van der Waals surface area contributed by atoms with E-state index in [1.807, 2.05) is 30.3 Å². The van der Waals surface area contributed by atoms with Crippen LogP contribution in [0.5, 0.6) is 5.75 Å². The molecule has 0 radical (unpaired) electrons. The van der Waals surface area contributed by atoms with E-state index >= 15 is 0 Å². The third-order valence-corrected chi connectivity index (χ3v) is 4.64. The molecule has 1 aliphatic rings. The predicted octanol–water partition coefficient (Wildman–Crippen LogP) is 3.32. The molecule has 4 rings (SSSR count). The smallest absolute Gasteiger partial charge is 0.188 e. The van der Waals surface area contributed by atoms with Crippen molar-refractivity contribution in [2.45, 2.75) is 6.54 Å². The summed E-state index contributed by atoms with van der Waals surface area (Å²) in [6, 6.07) is 9.43. The van der Waals surface area contributed by atoms with Gasteiger partial charge in [-0.15, -0.1) is 0 Å². The fourth-order valence-electron chi connectivity index (χ4n) is 3.22. The Hall–Kier alpha value is -3.46. The Labute approximate surface area is 173 Å². The molecule has 1 aliphatic heterocycles. The number of fused-ring (bicyclic) bond motifs is 1. The highest BCUT2D eigenvalue weighted by molar-refractivity contribution is 5.88. The lowest BCUT2D eigenvalue weighted by Crippen LogP contribution is -2.37. The van der Waals surface area contributed by atoms with Crippen LogP contribution in [0.4, 0.5) is 5.82 Å². The van der Waals surface area contributed by atoms with Gasteiger partial charge in [-0.3, -0.25) is 4.98 Å². The van der Waals surface area contributed by atoms with Crippen LogP contribution in [-0.2, 0) is 16.0 Å². The zero-order valence-electron chi connectivity index (χ0n) is 16.6. The standard InChI is InChI=1S/C20H21N7O3/c1-28-13-30-16-4-2-3-15(10-16)19-24-17-9-14(12-23-26-21)11-22-18(17)20(25-19)27-5-7-29-8-6-27/h2-4,9-11H,5-8,12-13H2,1H3. The maximum absolute atomic E-state index is 8.61. The fourth-order valence-corrected chi connectivity index (χ4v) is 3.22. The zero-order valence-corrected chi connectivity index (χ0v) is 16.6. The molecule has 0 N–H and O–H groups in total. The SMILES string of the molecule is COCOc1cccc(-c2nc(N3CCOCC3)c3ncc(CN=[N+]=[N-])cc3n2)c1. The summed E-state index contributed by atoms with van der Waals surface area (Å²) in [5, 5.41) is 3.62. The van der Waals surface area contributed by atoms with Gasteiger partial charge in [0.25, 0.3) is 0 Å². The summed E-state index contributed by atoms with van der Waals surface area (Å²) >= 11 is 0. The highest BCUT2D eigenvalue weighted by Crippen LogP contribution is 2.29. The zero-order chi connectivity index (χ0) is 20.8.